The Balaban J connectivity index is 1.77. The van der Waals surface area contributed by atoms with Crippen LogP contribution in [0.25, 0.3) is 0 Å². The van der Waals surface area contributed by atoms with Gasteiger partial charge in [-0.3, -0.25) is 4.79 Å². The lowest BCUT2D eigenvalue weighted by Crippen LogP contribution is -2.41. The van der Waals surface area contributed by atoms with Crippen molar-refractivity contribution in [1.29, 1.82) is 0 Å². The fraction of sp³-hybridized carbons (Fsp3) is 0.750. The number of nitrogens with two attached hydrogens (primary N) is 1. The molecule has 2 rings (SSSR count). The van der Waals surface area contributed by atoms with Crippen LogP contribution in [0.15, 0.2) is 5.38 Å². The molecule has 1 fully saturated rings. The molecule has 0 saturated carbocycles. The average molecular weight is 324 g/mol. The molecule has 0 aliphatic carbocycles. The van der Waals surface area contributed by atoms with Gasteiger partial charge in [0.15, 0.2) is 0 Å². The van der Waals surface area contributed by atoms with Crippen LogP contribution < -0.4 is 5.73 Å². The van der Waals surface area contributed by atoms with Crippen molar-refractivity contribution in [3.05, 3.63) is 16.1 Å². The number of amides is 1. The van der Waals surface area contributed by atoms with Crippen molar-refractivity contribution in [3.63, 3.8) is 0 Å². The predicted octanol–water partition coefficient (Wildman–Crippen LogP) is 2.19. The van der Waals surface area contributed by atoms with E-state index in [-0.39, 0.29) is 5.91 Å². The zero-order chi connectivity index (χ0) is 15.9. The second-order valence-corrected chi connectivity index (χ2v) is 7.12. The molecule has 0 bridgehead atoms. The highest BCUT2D eigenvalue weighted by molar-refractivity contribution is 7.09. The standard InChI is InChI=1S/C16H28N4OS/c1-3-4-7-19(2)11-13-5-8-20(9-6-13)16(21)14-12-22-15(10-17)18-14/h12-13H,3-11,17H2,1-2H3. The third-order valence-corrected chi connectivity index (χ3v) is 5.18. The number of piperidine rings is 1. The first kappa shape index (κ1) is 17.4. The summed E-state index contributed by atoms with van der Waals surface area (Å²) in [5, 5.41) is 2.66. The van der Waals surface area contributed by atoms with Gasteiger partial charge < -0.3 is 15.5 Å². The molecule has 2 N–H and O–H groups in total. The fourth-order valence-corrected chi connectivity index (χ4v) is 3.59. The smallest absolute Gasteiger partial charge is 0.273 e. The molecule has 0 unspecified atom stereocenters. The molecule has 1 aromatic heterocycles. The van der Waals surface area contributed by atoms with Gasteiger partial charge in [-0.1, -0.05) is 13.3 Å². The molecule has 1 saturated heterocycles. The normalized spacial score (nSPS) is 16.5. The van der Waals surface area contributed by atoms with Gasteiger partial charge in [0.1, 0.15) is 10.7 Å². The van der Waals surface area contributed by atoms with E-state index in [9.17, 15) is 4.79 Å². The number of rotatable bonds is 7. The zero-order valence-corrected chi connectivity index (χ0v) is 14.6. The maximum atomic E-state index is 12.4. The average Bonchev–Trinajstić information content (AvgIpc) is 3.02. The van der Waals surface area contributed by atoms with E-state index in [4.69, 9.17) is 5.73 Å². The van der Waals surface area contributed by atoms with Gasteiger partial charge in [0.05, 0.1) is 0 Å². The van der Waals surface area contributed by atoms with E-state index in [1.807, 2.05) is 10.3 Å². The number of likely N-dealkylation sites (tertiary alicyclic amines) is 1. The Hall–Kier alpha value is -0.980. The molecule has 22 heavy (non-hydrogen) atoms. The van der Waals surface area contributed by atoms with Crippen LogP contribution in [-0.2, 0) is 6.54 Å². The summed E-state index contributed by atoms with van der Waals surface area (Å²) in [5.74, 6) is 0.773. The van der Waals surface area contributed by atoms with Crippen molar-refractivity contribution < 1.29 is 4.79 Å². The monoisotopic (exact) mass is 324 g/mol. The molecule has 1 aliphatic heterocycles. The van der Waals surface area contributed by atoms with Crippen LogP contribution in [0.4, 0.5) is 0 Å². The first-order valence-corrected chi connectivity index (χ1v) is 9.14. The molecule has 0 aromatic carbocycles. The minimum atomic E-state index is 0.0636. The van der Waals surface area contributed by atoms with E-state index in [1.54, 1.807) is 0 Å². The molecule has 6 heteroatoms. The first-order valence-electron chi connectivity index (χ1n) is 8.26. The maximum absolute atomic E-state index is 12.4. The van der Waals surface area contributed by atoms with E-state index >= 15 is 0 Å². The zero-order valence-electron chi connectivity index (χ0n) is 13.8. The second-order valence-electron chi connectivity index (χ2n) is 6.18. The van der Waals surface area contributed by atoms with Gasteiger partial charge in [0, 0.05) is 31.6 Å². The van der Waals surface area contributed by atoms with E-state index in [0.29, 0.717) is 18.2 Å². The lowest BCUT2D eigenvalue weighted by Gasteiger charge is -2.33. The van der Waals surface area contributed by atoms with E-state index < -0.39 is 0 Å². The van der Waals surface area contributed by atoms with Crippen LogP contribution in [0.2, 0.25) is 0 Å². The Morgan fingerprint density at radius 3 is 2.82 bits per heavy atom. The number of hydrogen-bond donors (Lipinski definition) is 1. The largest absolute Gasteiger partial charge is 0.337 e. The van der Waals surface area contributed by atoms with Crippen molar-refractivity contribution in [3.8, 4) is 0 Å². The molecule has 0 spiro atoms. The van der Waals surface area contributed by atoms with E-state index in [1.165, 1.54) is 30.7 Å². The molecule has 2 heterocycles. The summed E-state index contributed by atoms with van der Waals surface area (Å²) in [6, 6.07) is 0. The summed E-state index contributed by atoms with van der Waals surface area (Å²) >= 11 is 1.47. The summed E-state index contributed by atoms with van der Waals surface area (Å²) in [4.78, 5) is 21.1. The van der Waals surface area contributed by atoms with Gasteiger partial charge in [-0.25, -0.2) is 4.98 Å². The topological polar surface area (TPSA) is 62.5 Å². The highest BCUT2D eigenvalue weighted by Gasteiger charge is 2.25. The van der Waals surface area contributed by atoms with Crippen molar-refractivity contribution in [2.45, 2.75) is 39.2 Å². The highest BCUT2D eigenvalue weighted by Crippen LogP contribution is 2.20. The third kappa shape index (κ3) is 4.76. The number of carbonyl (C=O) groups is 1. The number of unbranched alkanes of at least 4 members (excludes halogenated alkanes) is 1. The molecular weight excluding hydrogens is 296 g/mol. The minimum Gasteiger partial charge on any atom is -0.337 e. The van der Waals surface area contributed by atoms with Gasteiger partial charge in [0.2, 0.25) is 0 Å². The number of thiazole rings is 1. The molecular formula is C16H28N4OS. The van der Waals surface area contributed by atoms with Crippen LogP contribution in [0.5, 0.6) is 0 Å². The third-order valence-electron chi connectivity index (χ3n) is 4.31. The summed E-state index contributed by atoms with van der Waals surface area (Å²) in [7, 11) is 2.21. The Kier molecular flexibility index (Phi) is 6.79. The quantitative estimate of drug-likeness (QED) is 0.835. The maximum Gasteiger partial charge on any atom is 0.273 e. The Bertz CT molecular complexity index is 468. The SMILES string of the molecule is CCCCN(C)CC1CCN(C(=O)c2csc(CN)n2)CC1. The number of hydrogen-bond acceptors (Lipinski definition) is 5. The molecule has 0 atom stereocenters. The summed E-state index contributed by atoms with van der Waals surface area (Å²) in [6.07, 6.45) is 4.70. The molecule has 124 valence electrons. The van der Waals surface area contributed by atoms with Crippen LogP contribution in [-0.4, -0.2) is 53.9 Å². The number of carbonyl (C=O) groups excluding carboxylic acids is 1. The molecule has 0 radical (unpaired) electrons. The van der Waals surface area contributed by atoms with Gasteiger partial charge >= 0.3 is 0 Å². The van der Waals surface area contributed by atoms with Crippen molar-refractivity contribution in [1.82, 2.24) is 14.8 Å². The Morgan fingerprint density at radius 1 is 1.50 bits per heavy atom. The van der Waals surface area contributed by atoms with Crippen molar-refractivity contribution >= 4 is 17.2 Å². The van der Waals surface area contributed by atoms with E-state index in [2.05, 4.69) is 23.9 Å². The van der Waals surface area contributed by atoms with Gasteiger partial charge in [-0.2, -0.15) is 0 Å². The molecule has 1 aromatic rings. The second kappa shape index (κ2) is 8.60. The molecule has 1 aliphatic rings. The van der Waals surface area contributed by atoms with E-state index in [0.717, 1.165) is 37.5 Å². The Morgan fingerprint density at radius 2 is 2.23 bits per heavy atom. The molecule has 5 nitrogen and oxygen atoms in total. The minimum absolute atomic E-state index is 0.0636. The summed E-state index contributed by atoms with van der Waals surface area (Å²) < 4.78 is 0. The number of aromatic nitrogens is 1. The molecule has 1 amide bonds. The summed E-state index contributed by atoms with van der Waals surface area (Å²) in [5.41, 5.74) is 6.12. The lowest BCUT2D eigenvalue weighted by molar-refractivity contribution is 0.0668. The Labute approximate surface area is 137 Å². The van der Waals surface area contributed by atoms with Gasteiger partial charge in [-0.05, 0) is 38.8 Å². The first-order chi connectivity index (χ1) is 10.6. The van der Waals surface area contributed by atoms with Crippen LogP contribution >= 0.6 is 11.3 Å². The van der Waals surface area contributed by atoms with Crippen LogP contribution in [0, 0.1) is 5.92 Å². The van der Waals surface area contributed by atoms with Crippen molar-refractivity contribution in [2.75, 3.05) is 33.2 Å². The number of nitrogens with zero attached hydrogens (tertiary/aromatic N) is 3. The fourth-order valence-electron chi connectivity index (χ4n) is 2.94. The predicted molar refractivity (Wildman–Crippen MR) is 91.0 cm³/mol. The van der Waals surface area contributed by atoms with Crippen LogP contribution in [0.1, 0.15) is 48.1 Å². The van der Waals surface area contributed by atoms with Crippen molar-refractivity contribution in [2.24, 2.45) is 11.7 Å². The lowest BCUT2D eigenvalue weighted by atomic mass is 9.96. The van der Waals surface area contributed by atoms with Crippen LogP contribution in [0.3, 0.4) is 0 Å². The van der Waals surface area contributed by atoms with Gasteiger partial charge in [-0.15, -0.1) is 11.3 Å². The van der Waals surface area contributed by atoms with Gasteiger partial charge in [0.25, 0.3) is 5.91 Å². The highest BCUT2D eigenvalue weighted by atomic mass is 32.1. The summed E-state index contributed by atoms with van der Waals surface area (Å²) in [6.45, 7) is 6.66.